The van der Waals surface area contributed by atoms with Crippen LogP contribution in [0.4, 0.5) is 0 Å². The van der Waals surface area contributed by atoms with Crippen molar-refractivity contribution >= 4 is 27.8 Å². The lowest BCUT2D eigenvalue weighted by atomic mass is 10.3. The van der Waals surface area contributed by atoms with Gasteiger partial charge in [-0.15, -0.1) is 0 Å². The Morgan fingerprint density at radius 1 is 1.08 bits per heavy atom. The molecule has 6 nitrogen and oxygen atoms in total. The van der Waals surface area contributed by atoms with E-state index in [9.17, 15) is 4.79 Å². The van der Waals surface area contributed by atoms with Gasteiger partial charge in [-0.25, -0.2) is 8.97 Å². The van der Waals surface area contributed by atoms with E-state index in [2.05, 4.69) is 23.3 Å². The predicted molar refractivity (Wildman–Crippen MR) is 103 cm³/mol. The lowest BCUT2D eigenvalue weighted by molar-refractivity contribution is -0.672. The maximum Gasteiger partial charge on any atom is 0.340 e. The first-order chi connectivity index (χ1) is 12.7. The number of benzene rings is 1. The predicted octanol–water partition coefficient (Wildman–Crippen LogP) is 1.97. The van der Waals surface area contributed by atoms with Crippen molar-refractivity contribution in [1.29, 1.82) is 0 Å². The van der Waals surface area contributed by atoms with Gasteiger partial charge in [0.05, 0.1) is 17.2 Å². The largest absolute Gasteiger partial charge is 0.340 e. The van der Waals surface area contributed by atoms with Gasteiger partial charge in [-0.05, 0) is 42.3 Å². The highest BCUT2D eigenvalue weighted by Gasteiger charge is 2.21. The zero-order valence-corrected chi connectivity index (χ0v) is 15.5. The van der Waals surface area contributed by atoms with Crippen molar-refractivity contribution in [2.75, 3.05) is 19.6 Å². The number of hydrogen-bond acceptors (Lipinski definition) is 3. The molecule has 3 heterocycles. The van der Waals surface area contributed by atoms with Gasteiger partial charge in [-0.2, -0.15) is 0 Å². The van der Waals surface area contributed by atoms with E-state index in [-0.39, 0.29) is 5.56 Å². The molecule has 0 bridgehead atoms. The van der Waals surface area contributed by atoms with E-state index in [1.165, 1.54) is 0 Å². The third-order valence-corrected chi connectivity index (χ3v) is 5.22. The molecule has 1 aromatic carbocycles. The first kappa shape index (κ1) is 16.7. The third kappa shape index (κ3) is 2.49. The van der Waals surface area contributed by atoms with Gasteiger partial charge in [-0.1, -0.05) is 26.0 Å². The zero-order valence-electron chi connectivity index (χ0n) is 15.5. The van der Waals surface area contributed by atoms with E-state index < -0.39 is 0 Å². The van der Waals surface area contributed by atoms with Gasteiger partial charge in [0, 0.05) is 13.6 Å². The lowest BCUT2D eigenvalue weighted by Crippen LogP contribution is -2.42. The fourth-order valence-corrected chi connectivity index (χ4v) is 3.65. The average molecular weight is 350 g/mol. The smallest absolute Gasteiger partial charge is 0.300 e. The molecule has 134 valence electrons. The van der Waals surface area contributed by atoms with Crippen LogP contribution >= 0.6 is 0 Å². The molecule has 0 atom stereocenters. The second kappa shape index (κ2) is 6.53. The van der Waals surface area contributed by atoms with Gasteiger partial charge >= 0.3 is 11.4 Å². The summed E-state index contributed by atoms with van der Waals surface area (Å²) in [7, 11) is 1.96. The summed E-state index contributed by atoms with van der Waals surface area (Å²) in [6, 6.07) is 11.7. The molecule has 0 aliphatic heterocycles. The molecule has 26 heavy (non-hydrogen) atoms. The first-order valence-electron chi connectivity index (χ1n) is 9.16. The number of imidazole rings is 1. The van der Waals surface area contributed by atoms with Crippen LogP contribution in [0.25, 0.3) is 27.8 Å². The highest BCUT2D eigenvalue weighted by atomic mass is 16.1. The molecule has 0 amide bonds. The van der Waals surface area contributed by atoms with Gasteiger partial charge in [-0.3, -0.25) is 14.3 Å². The van der Waals surface area contributed by atoms with E-state index in [0.29, 0.717) is 11.2 Å². The molecule has 0 aliphatic carbocycles. The normalized spacial score (nSPS) is 12.0. The van der Waals surface area contributed by atoms with Gasteiger partial charge in [0.2, 0.25) is 0 Å². The number of fused-ring (bicyclic) bond motifs is 4. The highest BCUT2D eigenvalue weighted by molar-refractivity contribution is 5.83. The van der Waals surface area contributed by atoms with Crippen molar-refractivity contribution in [3.8, 4) is 0 Å². The Bertz CT molecular complexity index is 1150. The maximum atomic E-state index is 13.2. The van der Waals surface area contributed by atoms with Crippen LogP contribution < -0.4 is 10.1 Å². The van der Waals surface area contributed by atoms with Gasteiger partial charge < -0.3 is 0 Å². The number of aryl methyl sites for hydroxylation is 1. The molecule has 0 radical (unpaired) electrons. The SMILES string of the molecule is CCN(CC)CC[n+]1cccc2c(=O)n3c4ccccc4n(C)c3nc21. The standard InChI is InChI=1S/C20H24N5O/c1-4-23(5-2)13-14-24-12-8-9-15-18(24)21-20-22(3)16-10-6-7-11-17(16)25(20)19(15)26/h6-12H,4-5,13-14H2,1-3H3/q+1. The molecule has 0 fully saturated rings. The Labute approximate surface area is 151 Å². The summed E-state index contributed by atoms with van der Waals surface area (Å²) in [5.74, 6) is 0.673. The minimum atomic E-state index is -0.0148. The molecule has 0 saturated carbocycles. The molecule has 4 rings (SSSR count). The summed E-state index contributed by atoms with van der Waals surface area (Å²) in [5.41, 5.74) is 2.62. The number of para-hydroxylation sites is 2. The molecule has 0 saturated heterocycles. The number of rotatable bonds is 5. The van der Waals surface area contributed by atoms with Crippen LogP contribution in [0.3, 0.4) is 0 Å². The summed E-state index contributed by atoms with van der Waals surface area (Å²) >= 11 is 0. The molecule has 0 unspecified atom stereocenters. The molecule has 0 aliphatic rings. The lowest BCUT2D eigenvalue weighted by Gasteiger charge is -2.16. The average Bonchev–Trinajstić information content (AvgIpc) is 2.96. The van der Waals surface area contributed by atoms with E-state index in [4.69, 9.17) is 4.98 Å². The summed E-state index contributed by atoms with van der Waals surface area (Å²) in [5, 5.41) is 0.654. The van der Waals surface area contributed by atoms with Crippen LogP contribution in [0, 0.1) is 0 Å². The fraction of sp³-hybridized carbons (Fsp3) is 0.350. The van der Waals surface area contributed by atoms with Crippen LogP contribution in [0.15, 0.2) is 47.4 Å². The topological polar surface area (TPSA) is 46.4 Å². The summed E-state index contributed by atoms with van der Waals surface area (Å²) in [4.78, 5) is 20.4. The van der Waals surface area contributed by atoms with Crippen LogP contribution in [0.5, 0.6) is 0 Å². The molecular formula is C20H24N5O+. The number of aromatic nitrogens is 4. The molecule has 0 spiro atoms. The number of pyridine rings is 1. The van der Waals surface area contributed by atoms with Crippen LogP contribution in [-0.4, -0.2) is 38.5 Å². The second-order valence-corrected chi connectivity index (χ2v) is 6.57. The molecule has 0 N–H and O–H groups in total. The first-order valence-corrected chi connectivity index (χ1v) is 9.16. The monoisotopic (exact) mass is 350 g/mol. The van der Waals surface area contributed by atoms with Crippen molar-refractivity contribution in [3.05, 3.63) is 52.9 Å². The molecule has 6 heteroatoms. The highest BCUT2D eigenvalue weighted by Crippen LogP contribution is 2.17. The summed E-state index contributed by atoms with van der Waals surface area (Å²) in [6.45, 7) is 8.12. The van der Waals surface area contributed by atoms with Crippen LogP contribution in [-0.2, 0) is 13.6 Å². The number of likely N-dealkylation sites (N-methyl/N-ethyl adjacent to an activating group) is 1. The minimum absolute atomic E-state index is 0.0148. The summed E-state index contributed by atoms with van der Waals surface area (Å²) < 4.78 is 5.79. The quantitative estimate of drug-likeness (QED) is 0.517. The Morgan fingerprint density at radius 3 is 2.54 bits per heavy atom. The minimum Gasteiger partial charge on any atom is -0.300 e. The molecule has 3 aromatic heterocycles. The van der Waals surface area contributed by atoms with E-state index in [0.717, 1.165) is 42.9 Å². The second-order valence-electron chi connectivity index (χ2n) is 6.57. The Hall–Kier alpha value is -2.73. The molecular weight excluding hydrogens is 326 g/mol. The molecule has 4 aromatic rings. The van der Waals surface area contributed by atoms with Crippen LogP contribution in [0.2, 0.25) is 0 Å². The van der Waals surface area contributed by atoms with Gasteiger partial charge in [0.25, 0.3) is 5.56 Å². The van der Waals surface area contributed by atoms with E-state index in [1.807, 2.05) is 54.2 Å². The van der Waals surface area contributed by atoms with Crippen molar-refractivity contribution in [3.63, 3.8) is 0 Å². The van der Waals surface area contributed by atoms with Crippen molar-refractivity contribution in [2.24, 2.45) is 7.05 Å². The van der Waals surface area contributed by atoms with E-state index >= 15 is 0 Å². The number of hydrogen-bond donors (Lipinski definition) is 0. The van der Waals surface area contributed by atoms with Gasteiger partial charge in [0.1, 0.15) is 11.9 Å². The Balaban J connectivity index is 1.96. The number of nitrogens with zero attached hydrogens (tertiary/aromatic N) is 5. The van der Waals surface area contributed by atoms with Crippen molar-refractivity contribution in [1.82, 2.24) is 18.9 Å². The Kier molecular flexibility index (Phi) is 4.20. The van der Waals surface area contributed by atoms with Crippen molar-refractivity contribution < 1.29 is 4.57 Å². The summed E-state index contributed by atoms with van der Waals surface area (Å²) in [6.07, 6.45) is 2.01. The zero-order chi connectivity index (χ0) is 18.3. The van der Waals surface area contributed by atoms with Crippen molar-refractivity contribution in [2.45, 2.75) is 20.4 Å². The van der Waals surface area contributed by atoms with Gasteiger partial charge in [0.15, 0.2) is 0 Å². The van der Waals surface area contributed by atoms with Crippen LogP contribution in [0.1, 0.15) is 13.8 Å². The Morgan fingerprint density at radius 2 is 1.81 bits per heavy atom. The fourth-order valence-electron chi connectivity index (χ4n) is 3.65. The third-order valence-electron chi connectivity index (χ3n) is 5.22. The maximum absolute atomic E-state index is 13.2. The van der Waals surface area contributed by atoms with E-state index in [1.54, 1.807) is 4.40 Å².